The highest BCUT2D eigenvalue weighted by Crippen LogP contribution is 2.32. The summed E-state index contributed by atoms with van der Waals surface area (Å²) >= 11 is 0. The van der Waals surface area contributed by atoms with Gasteiger partial charge < -0.3 is 15.0 Å². The van der Waals surface area contributed by atoms with E-state index in [1.807, 2.05) is 17.7 Å². The van der Waals surface area contributed by atoms with Gasteiger partial charge in [-0.2, -0.15) is 0 Å². The van der Waals surface area contributed by atoms with Crippen LogP contribution in [-0.4, -0.2) is 16.7 Å². The quantitative estimate of drug-likeness (QED) is 0.901. The fourth-order valence-corrected chi connectivity index (χ4v) is 2.25. The highest BCUT2D eigenvalue weighted by atomic mass is 16.5. The highest BCUT2D eigenvalue weighted by molar-refractivity contribution is 5.69. The van der Waals surface area contributed by atoms with Gasteiger partial charge in [-0.15, -0.1) is 0 Å². The van der Waals surface area contributed by atoms with Crippen molar-refractivity contribution >= 4 is 0 Å². The molecule has 0 fully saturated rings. The van der Waals surface area contributed by atoms with Gasteiger partial charge in [-0.3, -0.25) is 0 Å². The van der Waals surface area contributed by atoms with Gasteiger partial charge in [0.1, 0.15) is 5.75 Å². The summed E-state index contributed by atoms with van der Waals surface area (Å²) in [7, 11) is 3.68. The van der Waals surface area contributed by atoms with Crippen molar-refractivity contribution < 1.29 is 4.74 Å². The maximum absolute atomic E-state index is 5.74. The van der Waals surface area contributed by atoms with Crippen molar-refractivity contribution in [2.75, 3.05) is 7.11 Å². The van der Waals surface area contributed by atoms with E-state index in [2.05, 4.69) is 24.9 Å². The SMILES string of the molecule is COc1ccc(-c2c(CN)ncn2C)c(C)c1C. The van der Waals surface area contributed by atoms with Gasteiger partial charge in [0, 0.05) is 19.2 Å². The molecule has 4 heteroatoms. The maximum Gasteiger partial charge on any atom is 0.122 e. The topological polar surface area (TPSA) is 53.1 Å². The molecule has 0 bridgehead atoms. The van der Waals surface area contributed by atoms with Crippen molar-refractivity contribution in [2.24, 2.45) is 12.8 Å². The lowest BCUT2D eigenvalue weighted by atomic mass is 9.98. The molecule has 2 rings (SSSR count). The van der Waals surface area contributed by atoms with Crippen molar-refractivity contribution in [3.63, 3.8) is 0 Å². The predicted octanol–water partition coefficient (Wildman–Crippen LogP) is 2.17. The Morgan fingerprint density at radius 2 is 2.00 bits per heavy atom. The molecule has 2 aromatic rings. The molecule has 0 saturated heterocycles. The lowest BCUT2D eigenvalue weighted by Crippen LogP contribution is -2.02. The van der Waals surface area contributed by atoms with Gasteiger partial charge in [-0.1, -0.05) is 0 Å². The molecular weight excluding hydrogens is 226 g/mol. The first-order valence-electron chi connectivity index (χ1n) is 5.95. The molecule has 0 atom stereocenters. The van der Waals surface area contributed by atoms with Crippen LogP contribution in [0.5, 0.6) is 5.75 Å². The van der Waals surface area contributed by atoms with Gasteiger partial charge >= 0.3 is 0 Å². The molecule has 4 nitrogen and oxygen atoms in total. The third-order valence-electron chi connectivity index (χ3n) is 3.42. The molecule has 0 aliphatic rings. The number of imidazole rings is 1. The lowest BCUT2D eigenvalue weighted by Gasteiger charge is -2.14. The minimum absolute atomic E-state index is 0.445. The Bertz CT molecular complexity index is 573. The van der Waals surface area contributed by atoms with Crippen LogP contribution in [0.4, 0.5) is 0 Å². The van der Waals surface area contributed by atoms with E-state index in [0.717, 1.165) is 28.3 Å². The van der Waals surface area contributed by atoms with E-state index in [-0.39, 0.29) is 0 Å². The largest absolute Gasteiger partial charge is 0.496 e. The molecule has 0 aliphatic carbocycles. The third-order valence-corrected chi connectivity index (χ3v) is 3.42. The number of hydrogen-bond donors (Lipinski definition) is 1. The highest BCUT2D eigenvalue weighted by Gasteiger charge is 2.14. The summed E-state index contributed by atoms with van der Waals surface area (Å²) in [5, 5.41) is 0. The minimum atomic E-state index is 0.445. The normalized spacial score (nSPS) is 10.7. The number of aromatic nitrogens is 2. The first kappa shape index (κ1) is 12.6. The zero-order valence-corrected chi connectivity index (χ0v) is 11.3. The van der Waals surface area contributed by atoms with Crippen LogP contribution in [0.25, 0.3) is 11.3 Å². The summed E-state index contributed by atoms with van der Waals surface area (Å²) in [6.07, 6.45) is 1.80. The number of benzene rings is 1. The summed E-state index contributed by atoms with van der Waals surface area (Å²) in [4.78, 5) is 4.33. The van der Waals surface area contributed by atoms with Gasteiger partial charge in [0.05, 0.1) is 24.8 Å². The van der Waals surface area contributed by atoms with Gasteiger partial charge in [0.25, 0.3) is 0 Å². The van der Waals surface area contributed by atoms with Crippen molar-refractivity contribution in [3.05, 3.63) is 35.3 Å². The third kappa shape index (κ3) is 1.88. The van der Waals surface area contributed by atoms with Crippen molar-refractivity contribution in [3.8, 4) is 17.0 Å². The number of nitrogens with zero attached hydrogens (tertiary/aromatic N) is 2. The Balaban J connectivity index is 2.65. The smallest absolute Gasteiger partial charge is 0.122 e. The predicted molar refractivity (Wildman–Crippen MR) is 72.6 cm³/mol. The molecule has 2 N–H and O–H groups in total. The van der Waals surface area contributed by atoms with Gasteiger partial charge in [-0.05, 0) is 37.1 Å². The van der Waals surface area contributed by atoms with E-state index < -0.39 is 0 Å². The minimum Gasteiger partial charge on any atom is -0.496 e. The van der Waals surface area contributed by atoms with Gasteiger partial charge in [0.2, 0.25) is 0 Å². The first-order chi connectivity index (χ1) is 8.60. The van der Waals surface area contributed by atoms with Gasteiger partial charge in [-0.25, -0.2) is 4.98 Å². The van der Waals surface area contributed by atoms with E-state index >= 15 is 0 Å². The van der Waals surface area contributed by atoms with Crippen LogP contribution in [0.1, 0.15) is 16.8 Å². The Kier molecular flexibility index (Phi) is 3.39. The lowest BCUT2D eigenvalue weighted by molar-refractivity contribution is 0.411. The Morgan fingerprint density at radius 3 is 2.61 bits per heavy atom. The van der Waals surface area contributed by atoms with E-state index in [1.165, 1.54) is 5.56 Å². The summed E-state index contributed by atoms with van der Waals surface area (Å²) in [5.74, 6) is 0.910. The van der Waals surface area contributed by atoms with E-state index in [9.17, 15) is 0 Å². The van der Waals surface area contributed by atoms with Crippen LogP contribution in [0.3, 0.4) is 0 Å². The average molecular weight is 245 g/mol. The van der Waals surface area contributed by atoms with Crippen molar-refractivity contribution in [1.82, 2.24) is 9.55 Å². The standard InChI is InChI=1S/C14H19N3O/c1-9-10(2)13(18-4)6-5-11(9)14-12(7-15)16-8-17(14)3/h5-6,8H,7,15H2,1-4H3. The summed E-state index contributed by atoms with van der Waals surface area (Å²) in [5.41, 5.74) is 11.3. The van der Waals surface area contributed by atoms with Crippen LogP contribution in [0, 0.1) is 13.8 Å². The fraction of sp³-hybridized carbons (Fsp3) is 0.357. The molecule has 96 valence electrons. The molecule has 18 heavy (non-hydrogen) atoms. The Labute approximate surface area is 107 Å². The van der Waals surface area contributed by atoms with Crippen LogP contribution >= 0.6 is 0 Å². The molecular formula is C14H19N3O. The molecule has 0 radical (unpaired) electrons. The first-order valence-corrected chi connectivity index (χ1v) is 5.95. The number of aryl methyl sites for hydroxylation is 1. The number of rotatable bonds is 3. The number of methoxy groups -OCH3 is 1. The number of nitrogens with two attached hydrogens (primary N) is 1. The molecule has 0 amide bonds. The van der Waals surface area contributed by atoms with E-state index in [0.29, 0.717) is 6.54 Å². The van der Waals surface area contributed by atoms with Crippen LogP contribution in [-0.2, 0) is 13.6 Å². The van der Waals surface area contributed by atoms with Crippen LogP contribution in [0.15, 0.2) is 18.5 Å². The molecule has 1 heterocycles. The monoisotopic (exact) mass is 245 g/mol. The Morgan fingerprint density at radius 1 is 1.28 bits per heavy atom. The molecule has 0 spiro atoms. The van der Waals surface area contributed by atoms with Crippen molar-refractivity contribution in [2.45, 2.75) is 20.4 Å². The van der Waals surface area contributed by atoms with E-state index in [1.54, 1.807) is 13.4 Å². The zero-order valence-electron chi connectivity index (χ0n) is 11.3. The molecule has 0 unspecified atom stereocenters. The molecule has 0 saturated carbocycles. The van der Waals surface area contributed by atoms with E-state index in [4.69, 9.17) is 10.5 Å². The number of ether oxygens (including phenoxy) is 1. The molecule has 0 aliphatic heterocycles. The second-order valence-electron chi connectivity index (χ2n) is 4.42. The molecule has 1 aromatic carbocycles. The van der Waals surface area contributed by atoms with Gasteiger partial charge in [0.15, 0.2) is 0 Å². The maximum atomic E-state index is 5.74. The summed E-state index contributed by atoms with van der Waals surface area (Å²) in [6, 6.07) is 4.06. The summed E-state index contributed by atoms with van der Waals surface area (Å²) in [6.45, 7) is 4.61. The second kappa shape index (κ2) is 4.82. The fourth-order valence-electron chi connectivity index (χ4n) is 2.25. The zero-order chi connectivity index (χ0) is 13.3. The Hall–Kier alpha value is -1.81. The van der Waals surface area contributed by atoms with Crippen molar-refractivity contribution in [1.29, 1.82) is 0 Å². The van der Waals surface area contributed by atoms with Crippen LogP contribution in [0.2, 0.25) is 0 Å². The molecule has 1 aromatic heterocycles. The second-order valence-corrected chi connectivity index (χ2v) is 4.42. The summed E-state index contributed by atoms with van der Waals surface area (Å²) < 4.78 is 7.35. The van der Waals surface area contributed by atoms with Crippen LogP contribution < -0.4 is 10.5 Å². The average Bonchev–Trinajstić information content (AvgIpc) is 2.74. The number of hydrogen-bond acceptors (Lipinski definition) is 3.